The highest BCUT2D eigenvalue weighted by Gasteiger charge is 2.19. The van der Waals surface area contributed by atoms with Gasteiger partial charge < -0.3 is 9.88 Å². The van der Waals surface area contributed by atoms with Gasteiger partial charge in [0, 0.05) is 25.0 Å². The first-order chi connectivity index (χ1) is 10.3. The van der Waals surface area contributed by atoms with Crippen LogP contribution in [-0.2, 0) is 0 Å². The molecule has 1 aromatic heterocycles. The predicted octanol–water partition coefficient (Wildman–Crippen LogP) is 5.02. The Labute approximate surface area is 129 Å². The summed E-state index contributed by atoms with van der Waals surface area (Å²) in [7, 11) is 0. The Kier molecular flexibility index (Phi) is 5.21. The molecule has 3 heteroatoms. The second-order valence-corrected chi connectivity index (χ2v) is 7.29. The van der Waals surface area contributed by atoms with E-state index in [1.807, 2.05) is 6.20 Å². The van der Waals surface area contributed by atoms with Crippen LogP contribution in [0.4, 0.5) is 5.95 Å². The molecule has 1 N–H and O–H groups in total. The smallest absolute Gasteiger partial charge is 0.203 e. The molecular weight excluding hydrogens is 258 g/mol. The van der Waals surface area contributed by atoms with Gasteiger partial charge in [0.25, 0.3) is 0 Å². The third-order valence-electron chi connectivity index (χ3n) is 5.61. The van der Waals surface area contributed by atoms with Crippen LogP contribution < -0.4 is 5.32 Å². The summed E-state index contributed by atoms with van der Waals surface area (Å²) in [6.07, 6.45) is 18.0. The molecule has 0 amide bonds. The molecule has 0 saturated heterocycles. The monoisotopic (exact) mass is 289 g/mol. The number of imidazole rings is 1. The van der Waals surface area contributed by atoms with Crippen LogP contribution in [0.5, 0.6) is 0 Å². The van der Waals surface area contributed by atoms with Crippen LogP contribution in [0.15, 0.2) is 12.4 Å². The van der Waals surface area contributed by atoms with E-state index in [0.29, 0.717) is 6.04 Å². The van der Waals surface area contributed by atoms with Crippen LogP contribution in [0, 0.1) is 11.8 Å². The van der Waals surface area contributed by atoms with Gasteiger partial charge in [-0.2, -0.15) is 0 Å². The van der Waals surface area contributed by atoms with Crippen molar-refractivity contribution in [3.05, 3.63) is 12.4 Å². The summed E-state index contributed by atoms with van der Waals surface area (Å²) in [5, 5.41) is 3.60. The summed E-state index contributed by atoms with van der Waals surface area (Å²) in [6, 6.07) is 0.680. The summed E-state index contributed by atoms with van der Waals surface area (Å²) in [6.45, 7) is 3.48. The van der Waals surface area contributed by atoms with Crippen LogP contribution in [0.25, 0.3) is 0 Å². The summed E-state index contributed by atoms with van der Waals surface area (Å²) in [5.41, 5.74) is 0. The van der Waals surface area contributed by atoms with Crippen molar-refractivity contribution in [3.8, 4) is 0 Å². The molecule has 0 aliphatic heterocycles. The second-order valence-electron chi connectivity index (χ2n) is 7.29. The molecule has 0 spiro atoms. The average Bonchev–Trinajstić information content (AvgIpc) is 2.99. The number of nitrogens with zero attached hydrogens (tertiary/aromatic N) is 2. The van der Waals surface area contributed by atoms with E-state index in [9.17, 15) is 0 Å². The average molecular weight is 289 g/mol. The van der Waals surface area contributed by atoms with Crippen molar-refractivity contribution >= 4 is 5.95 Å². The number of hydrogen-bond donors (Lipinski definition) is 1. The third-order valence-corrected chi connectivity index (χ3v) is 5.61. The molecule has 0 unspecified atom stereocenters. The lowest BCUT2D eigenvalue weighted by Gasteiger charge is -2.27. The third kappa shape index (κ3) is 4.02. The van der Waals surface area contributed by atoms with Crippen molar-refractivity contribution in [3.63, 3.8) is 0 Å². The van der Waals surface area contributed by atoms with E-state index < -0.39 is 0 Å². The molecule has 118 valence electrons. The summed E-state index contributed by atoms with van der Waals surface area (Å²) in [4.78, 5) is 4.54. The minimum Gasteiger partial charge on any atom is -0.356 e. The minimum absolute atomic E-state index is 0.680. The van der Waals surface area contributed by atoms with Crippen molar-refractivity contribution in [2.75, 3.05) is 11.9 Å². The highest BCUT2D eigenvalue weighted by atomic mass is 15.2. The molecule has 1 aromatic rings. The topological polar surface area (TPSA) is 29.9 Å². The number of nitrogens with one attached hydrogen (secondary N) is 1. The maximum absolute atomic E-state index is 4.54. The van der Waals surface area contributed by atoms with E-state index in [1.165, 1.54) is 64.2 Å². The maximum atomic E-state index is 4.54. The van der Waals surface area contributed by atoms with Gasteiger partial charge in [0.1, 0.15) is 0 Å². The summed E-state index contributed by atoms with van der Waals surface area (Å²) < 4.78 is 2.39. The highest BCUT2D eigenvalue weighted by molar-refractivity contribution is 5.26. The first kappa shape index (κ1) is 14.9. The zero-order valence-electron chi connectivity index (χ0n) is 13.6. The fourth-order valence-electron chi connectivity index (χ4n) is 4.11. The Bertz CT molecular complexity index is 412. The Morgan fingerprint density at radius 2 is 1.86 bits per heavy atom. The molecule has 0 radical (unpaired) electrons. The van der Waals surface area contributed by atoms with Gasteiger partial charge in [-0.05, 0) is 31.1 Å². The molecule has 3 nitrogen and oxygen atoms in total. The minimum atomic E-state index is 0.680. The van der Waals surface area contributed by atoms with E-state index in [-0.39, 0.29) is 0 Å². The number of rotatable bonds is 5. The number of hydrogen-bond acceptors (Lipinski definition) is 2. The van der Waals surface area contributed by atoms with Gasteiger partial charge in [-0.1, -0.05) is 51.9 Å². The normalized spacial score (nSPS) is 27.7. The van der Waals surface area contributed by atoms with E-state index in [1.54, 1.807) is 0 Å². The van der Waals surface area contributed by atoms with Gasteiger partial charge in [0.2, 0.25) is 5.95 Å². The van der Waals surface area contributed by atoms with Crippen LogP contribution in [-0.4, -0.2) is 16.1 Å². The first-order valence-corrected chi connectivity index (χ1v) is 9.09. The van der Waals surface area contributed by atoms with Gasteiger partial charge in [0.15, 0.2) is 0 Å². The van der Waals surface area contributed by atoms with Crippen molar-refractivity contribution in [1.29, 1.82) is 0 Å². The van der Waals surface area contributed by atoms with E-state index in [4.69, 9.17) is 0 Å². The summed E-state index contributed by atoms with van der Waals surface area (Å²) in [5.74, 6) is 3.00. The van der Waals surface area contributed by atoms with Crippen LogP contribution in [0.2, 0.25) is 0 Å². The molecule has 21 heavy (non-hydrogen) atoms. The zero-order valence-corrected chi connectivity index (χ0v) is 13.6. The molecule has 1 heterocycles. The lowest BCUT2D eigenvalue weighted by molar-refractivity contribution is 0.281. The van der Waals surface area contributed by atoms with Gasteiger partial charge in [-0.25, -0.2) is 4.98 Å². The van der Waals surface area contributed by atoms with E-state index in [2.05, 4.69) is 28.0 Å². The van der Waals surface area contributed by atoms with Gasteiger partial charge in [-0.15, -0.1) is 0 Å². The highest BCUT2D eigenvalue weighted by Crippen LogP contribution is 2.31. The Morgan fingerprint density at radius 3 is 2.62 bits per heavy atom. The first-order valence-electron chi connectivity index (χ1n) is 9.09. The lowest BCUT2D eigenvalue weighted by atomic mass is 9.81. The van der Waals surface area contributed by atoms with E-state index >= 15 is 0 Å². The summed E-state index contributed by atoms with van der Waals surface area (Å²) >= 11 is 0. The standard InChI is InChI=1S/C18H31N3/c1-15-7-9-16(10-8-15)11-12-19-18-20-13-14-21(18)17-5-3-2-4-6-17/h13-17H,2-12H2,1H3,(H,19,20). The maximum Gasteiger partial charge on any atom is 0.203 e. The molecule has 0 atom stereocenters. The number of anilines is 1. The Morgan fingerprint density at radius 1 is 1.10 bits per heavy atom. The van der Waals surface area contributed by atoms with E-state index in [0.717, 1.165) is 24.3 Å². The largest absolute Gasteiger partial charge is 0.356 e. The van der Waals surface area contributed by atoms with Crippen molar-refractivity contribution in [2.45, 2.75) is 77.2 Å². The van der Waals surface area contributed by atoms with Gasteiger partial charge >= 0.3 is 0 Å². The second kappa shape index (κ2) is 7.33. The van der Waals surface area contributed by atoms with Crippen LogP contribution in [0.3, 0.4) is 0 Å². The van der Waals surface area contributed by atoms with Crippen molar-refractivity contribution < 1.29 is 0 Å². The molecule has 2 aliphatic carbocycles. The molecule has 2 saturated carbocycles. The Balaban J connectivity index is 1.46. The molecule has 0 aromatic carbocycles. The molecular formula is C18H31N3. The lowest BCUT2D eigenvalue weighted by Crippen LogP contribution is -2.19. The predicted molar refractivity (Wildman–Crippen MR) is 88.6 cm³/mol. The Hall–Kier alpha value is -0.990. The van der Waals surface area contributed by atoms with Crippen LogP contribution >= 0.6 is 0 Å². The quantitative estimate of drug-likeness (QED) is 0.825. The molecule has 3 rings (SSSR count). The van der Waals surface area contributed by atoms with Crippen molar-refractivity contribution in [1.82, 2.24) is 9.55 Å². The molecule has 0 bridgehead atoms. The molecule has 2 fully saturated rings. The number of aromatic nitrogens is 2. The van der Waals surface area contributed by atoms with Gasteiger partial charge in [0.05, 0.1) is 0 Å². The fourth-order valence-corrected chi connectivity index (χ4v) is 4.11. The van der Waals surface area contributed by atoms with Crippen LogP contribution in [0.1, 0.15) is 77.2 Å². The van der Waals surface area contributed by atoms with Crippen molar-refractivity contribution in [2.24, 2.45) is 11.8 Å². The SMILES string of the molecule is CC1CCC(CCNc2nccn2C2CCCCC2)CC1. The van der Waals surface area contributed by atoms with Gasteiger partial charge in [-0.3, -0.25) is 0 Å². The molecule has 2 aliphatic rings. The fraction of sp³-hybridized carbons (Fsp3) is 0.833. The zero-order chi connectivity index (χ0) is 14.5.